The van der Waals surface area contributed by atoms with Gasteiger partial charge in [0.2, 0.25) is 0 Å². The maximum absolute atomic E-state index is 12.7. The quantitative estimate of drug-likeness (QED) is 0.531. The van der Waals surface area contributed by atoms with Crippen molar-refractivity contribution in [3.05, 3.63) is 48.7 Å². The van der Waals surface area contributed by atoms with Crippen molar-refractivity contribution in [2.45, 2.75) is 37.8 Å². The van der Waals surface area contributed by atoms with E-state index in [2.05, 4.69) is 22.5 Å². The van der Waals surface area contributed by atoms with Gasteiger partial charge >= 0.3 is 5.97 Å². The molecule has 0 spiro atoms. The van der Waals surface area contributed by atoms with Gasteiger partial charge in [0.1, 0.15) is 11.9 Å². The molecule has 3 aliphatic rings. The van der Waals surface area contributed by atoms with Crippen LogP contribution in [0.5, 0.6) is 5.75 Å². The van der Waals surface area contributed by atoms with Crippen LogP contribution < -0.4 is 10.5 Å². The van der Waals surface area contributed by atoms with Gasteiger partial charge in [0.05, 0.1) is 18.7 Å². The largest absolute Gasteiger partial charge is 0.497 e. The van der Waals surface area contributed by atoms with Crippen LogP contribution in [0.3, 0.4) is 0 Å². The molecule has 0 amide bonds. The molecule has 3 saturated heterocycles. The molecular weight excluding hydrogens is 378 g/mol. The Morgan fingerprint density at radius 3 is 3.00 bits per heavy atom. The van der Waals surface area contributed by atoms with Crippen molar-refractivity contribution in [3.8, 4) is 5.75 Å². The van der Waals surface area contributed by atoms with E-state index in [-0.39, 0.29) is 18.1 Å². The third kappa shape index (κ3) is 4.07. The van der Waals surface area contributed by atoms with Crippen molar-refractivity contribution in [2.75, 3.05) is 26.7 Å². The lowest BCUT2D eigenvalue weighted by molar-refractivity contribution is -0.157. The van der Waals surface area contributed by atoms with Crippen LogP contribution in [0, 0.1) is 11.8 Å². The zero-order chi connectivity index (χ0) is 21.1. The van der Waals surface area contributed by atoms with E-state index in [4.69, 9.17) is 15.2 Å². The molecule has 0 radical (unpaired) electrons. The minimum atomic E-state index is -0.346. The molecule has 6 nitrogen and oxygen atoms in total. The lowest BCUT2D eigenvalue weighted by atomic mass is 9.73. The van der Waals surface area contributed by atoms with Crippen LogP contribution in [-0.2, 0) is 9.53 Å². The maximum Gasteiger partial charge on any atom is 0.306 e. The van der Waals surface area contributed by atoms with Crippen molar-refractivity contribution in [1.29, 1.82) is 0 Å². The van der Waals surface area contributed by atoms with Gasteiger partial charge < -0.3 is 15.2 Å². The van der Waals surface area contributed by atoms with Gasteiger partial charge in [-0.15, -0.1) is 6.58 Å². The molecule has 3 aliphatic heterocycles. The monoisotopic (exact) mass is 409 g/mol. The summed E-state index contributed by atoms with van der Waals surface area (Å²) in [7, 11) is 1.66. The van der Waals surface area contributed by atoms with Crippen LogP contribution in [0.25, 0.3) is 10.9 Å². The number of piperidine rings is 3. The van der Waals surface area contributed by atoms with Crippen LogP contribution in [0.15, 0.2) is 43.1 Å². The predicted molar refractivity (Wildman–Crippen MR) is 117 cm³/mol. The van der Waals surface area contributed by atoms with Gasteiger partial charge in [-0.25, -0.2) is 0 Å². The average Bonchev–Trinajstić information content (AvgIpc) is 2.80. The third-order valence-electron chi connectivity index (χ3n) is 6.64. The van der Waals surface area contributed by atoms with Gasteiger partial charge in [0.25, 0.3) is 0 Å². The Balaban J connectivity index is 1.72. The number of carbonyl (C=O) groups is 1. The molecule has 160 valence electrons. The molecule has 1 aromatic carbocycles. The Labute approximate surface area is 178 Å². The number of fused-ring (bicyclic) bond motifs is 4. The standard InChI is InChI=1S/C24H31N3O3/c1-3-16-15-27-12-9-17(16)13-22(27)24(30-23(28)5-4-10-25)19-8-11-26-21-7-6-18(29-2)14-20(19)21/h3,6-8,11,14,16-17,22,24H,1,4-5,9-10,12-13,15,25H2,2H3/t16-,17+,22+,24-/m1/s1. The molecule has 5 rings (SSSR count). The van der Waals surface area contributed by atoms with Gasteiger partial charge in [0, 0.05) is 30.1 Å². The first-order valence-electron chi connectivity index (χ1n) is 10.8. The first-order chi connectivity index (χ1) is 14.6. The minimum Gasteiger partial charge on any atom is -0.497 e. The number of hydrogen-bond donors (Lipinski definition) is 1. The number of nitrogens with zero attached hydrogens (tertiary/aromatic N) is 2. The molecule has 1 unspecified atom stereocenters. The topological polar surface area (TPSA) is 77.7 Å². The summed E-state index contributed by atoms with van der Waals surface area (Å²) in [6, 6.07) is 7.98. The van der Waals surface area contributed by atoms with Crippen LogP contribution in [0.4, 0.5) is 0 Å². The van der Waals surface area contributed by atoms with Crippen molar-refractivity contribution < 1.29 is 14.3 Å². The SMILES string of the molecule is C=C[C@@H]1CN2CC[C@H]1C[C@H]2[C@H](OC(=O)CCCN)c1ccnc2ccc(OC)cc12. The lowest BCUT2D eigenvalue weighted by Gasteiger charge is -2.51. The molecule has 30 heavy (non-hydrogen) atoms. The summed E-state index contributed by atoms with van der Waals surface area (Å²) in [5.41, 5.74) is 7.47. The van der Waals surface area contributed by atoms with Crippen LogP contribution in [-0.4, -0.2) is 48.6 Å². The van der Waals surface area contributed by atoms with Gasteiger partial charge in [-0.2, -0.15) is 0 Å². The Kier molecular flexibility index (Phi) is 6.35. The summed E-state index contributed by atoms with van der Waals surface area (Å²) in [6.45, 7) is 6.51. The van der Waals surface area contributed by atoms with E-state index in [1.807, 2.05) is 24.3 Å². The molecule has 2 bridgehead atoms. The summed E-state index contributed by atoms with van der Waals surface area (Å²) in [5.74, 6) is 1.67. The molecule has 5 atom stereocenters. The summed E-state index contributed by atoms with van der Waals surface area (Å²) in [6.07, 6.45) is 6.68. The number of pyridine rings is 1. The molecular formula is C24H31N3O3. The number of methoxy groups -OCH3 is 1. The van der Waals surface area contributed by atoms with Gasteiger partial charge in [-0.05, 0) is 68.5 Å². The Hall–Kier alpha value is -2.44. The number of aromatic nitrogens is 1. The fraction of sp³-hybridized carbons (Fsp3) is 0.500. The van der Waals surface area contributed by atoms with Gasteiger partial charge in [0.15, 0.2) is 0 Å². The second-order valence-electron chi connectivity index (χ2n) is 8.33. The number of carbonyl (C=O) groups excluding carboxylic acids is 1. The van der Waals surface area contributed by atoms with E-state index in [9.17, 15) is 4.79 Å². The van der Waals surface area contributed by atoms with Crippen LogP contribution in [0.1, 0.15) is 37.4 Å². The Morgan fingerprint density at radius 1 is 1.43 bits per heavy atom. The zero-order valence-corrected chi connectivity index (χ0v) is 17.6. The van der Waals surface area contributed by atoms with Crippen molar-refractivity contribution in [3.63, 3.8) is 0 Å². The third-order valence-corrected chi connectivity index (χ3v) is 6.64. The number of benzene rings is 1. The van der Waals surface area contributed by atoms with Gasteiger partial charge in [-0.3, -0.25) is 14.7 Å². The van der Waals surface area contributed by atoms with Crippen molar-refractivity contribution in [2.24, 2.45) is 17.6 Å². The summed E-state index contributed by atoms with van der Waals surface area (Å²) in [5, 5.41) is 0.969. The smallest absolute Gasteiger partial charge is 0.306 e. The highest BCUT2D eigenvalue weighted by Crippen LogP contribution is 2.43. The fourth-order valence-electron chi connectivity index (χ4n) is 5.01. The average molecular weight is 410 g/mol. The van der Waals surface area contributed by atoms with E-state index in [1.54, 1.807) is 13.3 Å². The number of esters is 1. The Bertz CT molecular complexity index is 916. The van der Waals surface area contributed by atoms with E-state index in [0.717, 1.165) is 41.7 Å². The highest BCUT2D eigenvalue weighted by molar-refractivity contribution is 5.84. The van der Waals surface area contributed by atoms with E-state index < -0.39 is 0 Å². The van der Waals surface area contributed by atoms with E-state index in [1.165, 1.54) is 6.42 Å². The summed E-state index contributed by atoms with van der Waals surface area (Å²) < 4.78 is 11.6. The molecule has 4 heterocycles. The van der Waals surface area contributed by atoms with Crippen LogP contribution >= 0.6 is 0 Å². The number of ether oxygens (including phenoxy) is 2. The molecule has 2 aromatic rings. The van der Waals surface area contributed by atoms with E-state index in [0.29, 0.717) is 31.2 Å². The molecule has 0 aliphatic carbocycles. The lowest BCUT2D eigenvalue weighted by Crippen LogP contribution is -2.55. The fourth-order valence-corrected chi connectivity index (χ4v) is 5.01. The predicted octanol–water partition coefficient (Wildman–Crippen LogP) is 3.46. The molecule has 3 fully saturated rings. The van der Waals surface area contributed by atoms with Crippen molar-refractivity contribution >= 4 is 16.9 Å². The minimum absolute atomic E-state index is 0.151. The molecule has 1 aromatic heterocycles. The second-order valence-corrected chi connectivity index (χ2v) is 8.33. The maximum atomic E-state index is 12.7. The summed E-state index contributed by atoms with van der Waals surface area (Å²) in [4.78, 5) is 19.6. The first kappa shape index (κ1) is 20.8. The van der Waals surface area contributed by atoms with Gasteiger partial charge in [-0.1, -0.05) is 6.08 Å². The molecule has 0 saturated carbocycles. The normalized spacial score (nSPS) is 26.3. The first-order valence-corrected chi connectivity index (χ1v) is 10.8. The molecule has 6 heteroatoms. The number of hydrogen-bond acceptors (Lipinski definition) is 6. The highest BCUT2D eigenvalue weighted by Gasteiger charge is 2.44. The zero-order valence-electron chi connectivity index (χ0n) is 17.6. The second kappa shape index (κ2) is 9.14. The molecule has 2 N–H and O–H groups in total. The van der Waals surface area contributed by atoms with E-state index >= 15 is 0 Å². The Morgan fingerprint density at radius 2 is 2.30 bits per heavy atom. The number of rotatable bonds is 8. The summed E-state index contributed by atoms with van der Waals surface area (Å²) >= 11 is 0. The van der Waals surface area contributed by atoms with Crippen molar-refractivity contribution in [1.82, 2.24) is 9.88 Å². The number of nitrogens with two attached hydrogens (primary N) is 1. The van der Waals surface area contributed by atoms with Crippen LogP contribution in [0.2, 0.25) is 0 Å². The highest BCUT2D eigenvalue weighted by atomic mass is 16.5.